The highest BCUT2D eigenvalue weighted by Crippen LogP contribution is 2.24. The zero-order valence-corrected chi connectivity index (χ0v) is 9.58. The quantitative estimate of drug-likeness (QED) is 0.510. The van der Waals surface area contributed by atoms with Crippen LogP contribution in [0.5, 0.6) is 0 Å². The van der Waals surface area contributed by atoms with E-state index >= 15 is 0 Å². The van der Waals surface area contributed by atoms with Gasteiger partial charge >= 0.3 is 0 Å². The summed E-state index contributed by atoms with van der Waals surface area (Å²) in [5, 5.41) is 9.01. The van der Waals surface area contributed by atoms with Gasteiger partial charge in [0.05, 0.1) is 6.20 Å². The molecule has 0 unspecified atom stereocenters. The van der Waals surface area contributed by atoms with Crippen LogP contribution in [0.2, 0.25) is 0 Å². The van der Waals surface area contributed by atoms with Crippen LogP contribution < -0.4 is 0 Å². The molecule has 4 rings (SSSR count). The average molecular weight is 237 g/mol. The SMILES string of the molecule is c1ccc2c(c1)[nH]c1ccccc12.c1conn1. The molecule has 0 aliphatic heterocycles. The average Bonchev–Trinajstić information content (AvgIpc) is 3.10. The molecule has 88 valence electrons. The van der Waals surface area contributed by atoms with E-state index in [0.717, 1.165) is 0 Å². The zero-order valence-electron chi connectivity index (χ0n) is 9.58. The smallest absolute Gasteiger partial charge is 0.144 e. The standard InChI is InChI=1S/C12H9N.C2H2N2O/c1-3-7-11-9(5-1)10-6-2-4-8-12(10)13-11;1-2-5-4-3-1/h1-8,13H;1-2H. The van der Waals surface area contributed by atoms with Gasteiger partial charge < -0.3 is 9.51 Å². The van der Waals surface area contributed by atoms with Gasteiger partial charge in [0.15, 0.2) is 0 Å². The van der Waals surface area contributed by atoms with E-state index in [1.165, 1.54) is 34.3 Å². The number of fused-ring (bicyclic) bond motifs is 3. The Bertz CT molecular complexity index is 676. The lowest BCUT2D eigenvalue weighted by molar-refractivity contribution is 0.393. The maximum absolute atomic E-state index is 4.22. The number of nitrogens with zero attached hydrogens (tertiary/aromatic N) is 2. The molecule has 1 N–H and O–H groups in total. The molecule has 4 nitrogen and oxygen atoms in total. The highest BCUT2D eigenvalue weighted by molar-refractivity contribution is 6.06. The number of aromatic nitrogens is 3. The number of para-hydroxylation sites is 2. The number of hydrogen-bond acceptors (Lipinski definition) is 3. The number of hydrogen-bond donors (Lipinski definition) is 1. The molecule has 4 aromatic rings. The lowest BCUT2D eigenvalue weighted by Crippen LogP contribution is -1.62. The van der Waals surface area contributed by atoms with Gasteiger partial charge in [0.1, 0.15) is 6.26 Å². The predicted octanol–water partition coefficient (Wildman–Crippen LogP) is 3.39. The summed E-state index contributed by atoms with van der Waals surface area (Å²) in [4.78, 5) is 3.38. The molecule has 2 aromatic carbocycles. The highest BCUT2D eigenvalue weighted by Gasteiger charge is 2.00. The second-order valence-corrected chi connectivity index (χ2v) is 3.80. The van der Waals surface area contributed by atoms with Crippen LogP contribution in [0.15, 0.2) is 65.5 Å². The van der Waals surface area contributed by atoms with Crippen LogP contribution >= 0.6 is 0 Å². The Hall–Kier alpha value is -2.62. The summed E-state index contributed by atoms with van der Waals surface area (Å²) in [6, 6.07) is 16.8. The van der Waals surface area contributed by atoms with Gasteiger partial charge in [-0.25, -0.2) is 0 Å². The molecule has 2 aromatic heterocycles. The first kappa shape index (κ1) is 10.5. The molecule has 0 radical (unpaired) electrons. The first-order valence-corrected chi connectivity index (χ1v) is 5.61. The number of rotatable bonds is 0. The minimum absolute atomic E-state index is 1.21. The van der Waals surface area contributed by atoms with E-state index in [1.807, 2.05) is 0 Å². The van der Waals surface area contributed by atoms with Gasteiger partial charge in [-0.15, -0.1) is 5.10 Å². The van der Waals surface area contributed by atoms with E-state index in [1.54, 1.807) is 0 Å². The molecule has 0 saturated heterocycles. The van der Waals surface area contributed by atoms with Crippen molar-refractivity contribution in [2.75, 3.05) is 0 Å². The summed E-state index contributed by atoms with van der Waals surface area (Å²) in [7, 11) is 0. The van der Waals surface area contributed by atoms with Crippen molar-refractivity contribution in [2.45, 2.75) is 0 Å². The third-order valence-corrected chi connectivity index (χ3v) is 2.70. The van der Waals surface area contributed by atoms with Crippen molar-refractivity contribution in [3.8, 4) is 0 Å². The fourth-order valence-corrected chi connectivity index (χ4v) is 1.94. The predicted molar refractivity (Wildman–Crippen MR) is 70.1 cm³/mol. The van der Waals surface area contributed by atoms with E-state index in [2.05, 4.69) is 68.4 Å². The zero-order chi connectivity index (χ0) is 12.2. The molecule has 4 heteroatoms. The van der Waals surface area contributed by atoms with E-state index in [4.69, 9.17) is 0 Å². The van der Waals surface area contributed by atoms with Crippen molar-refractivity contribution < 1.29 is 4.52 Å². The minimum atomic E-state index is 1.21. The topological polar surface area (TPSA) is 54.7 Å². The molecular weight excluding hydrogens is 226 g/mol. The fraction of sp³-hybridized carbons (Fsp3) is 0. The van der Waals surface area contributed by atoms with E-state index in [-0.39, 0.29) is 0 Å². The van der Waals surface area contributed by atoms with Crippen molar-refractivity contribution in [2.24, 2.45) is 0 Å². The van der Waals surface area contributed by atoms with Crippen LogP contribution in [0.3, 0.4) is 0 Å². The molecule has 0 aliphatic rings. The van der Waals surface area contributed by atoms with Gasteiger partial charge in [-0.1, -0.05) is 36.4 Å². The summed E-state index contributed by atoms with van der Waals surface area (Å²) >= 11 is 0. The third kappa shape index (κ3) is 1.96. The molecule has 0 aliphatic carbocycles. The van der Waals surface area contributed by atoms with Gasteiger partial charge in [-0.3, -0.25) is 0 Å². The van der Waals surface area contributed by atoms with Crippen molar-refractivity contribution in [1.29, 1.82) is 0 Å². The van der Waals surface area contributed by atoms with Crippen LogP contribution in [-0.2, 0) is 0 Å². The lowest BCUT2D eigenvalue weighted by Gasteiger charge is -1.87. The van der Waals surface area contributed by atoms with Crippen molar-refractivity contribution >= 4 is 21.8 Å². The molecule has 0 bridgehead atoms. The molecule has 18 heavy (non-hydrogen) atoms. The largest absolute Gasteiger partial charge is 0.355 e. The highest BCUT2D eigenvalue weighted by atomic mass is 16.5. The number of nitrogens with one attached hydrogen (secondary N) is 1. The molecule has 0 saturated carbocycles. The summed E-state index contributed by atoms with van der Waals surface area (Å²) in [6.07, 6.45) is 2.88. The van der Waals surface area contributed by atoms with E-state index in [0.29, 0.717) is 0 Å². The maximum Gasteiger partial charge on any atom is 0.144 e. The Morgan fingerprint density at radius 2 is 1.44 bits per heavy atom. The Balaban J connectivity index is 0.000000169. The van der Waals surface area contributed by atoms with Crippen molar-refractivity contribution in [3.63, 3.8) is 0 Å². The Kier molecular flexibility index (Phi) is 2.75. The fourth-order valence-electron chi connectivity index (χ4n) is 1.94. The molecule has 2 heterocycles. The molecule has 0 amide bonds. The summed E-state index contributed by atoms with van der Waals surface area (Å²) in [5.41, 5.74) is 2.42. The third-order valence-electron chi connectivity index (χ3n) is 2.70. The number of benzene rings is 2. The number of H-pyrrole nitrogens is 1. The monoisotopic (exact) mass is 237 g/mol. The first-order valence-electron chi connectivity index (χ1n) is 5.61. The molecule has 0 spiro atoms. The Labute approximate surface area is 103 Å². The summed E-state index contributed by atoms with van der Waals surface area (Å²) in [5.74, 6) is 0. The molecule has 0 atom stereocenters. The maximum atomic E-state index is 4.22. The Morgan fingerprint density at radius 3 is 1.89 bits per heavy atom. The van der Waals surface area contributed by atoms with Gasteiger partial charge in [-0.2, -0.15) is 0 Å². The number of aromatic amines is 1. The second-order valence-electron chi connectivity index (χ2n) is 3.80. The van der Waals surface area contributed by atoms with Crippen LogP contribution in [0, 0.1) is 0 Å². The van der Waals surface area contributed by atoms with Gasteiger partial charge in [0.2, 0.25) is 0 Å². The van der Waals surface area contributed by atoms with Crippen molar-refractivity contribution in [1.82, 2.24) is 15.4 Å². The first-order chi connectivity index (χ1) is 8.95. The van der Waals surface area contributed by atoms with Crippen molar-refractivity contribution in [3.05, 3.63) is 61.0 Å². The van der Waals surface area contributed by atoms with Crippen LogP contribution in [0.1, 0.15) is 0 Å². The second kappa shape index (κ2) is 4.71. The molecule has 0 fully saturated rings. The lowest BCUT2D eigenvalue weighted by atomic mass is 10.2. The summed E-state index contributed by atoms with van der Waals surface area (Å²) < 4.78 is 4.22. The van der Waals surface area contributed by atoms with Gasteiger partial charge in [0.25, 0.3) is 0 Å². The van der Waals surface area contributed by atoms with Crippen LogP contribution in [-0.4, -0.2) is 15.4 Å². The normalized spacial score (nSPS) is 10.2. The van der Waals surface area contributed by atoms with Gasteiger partial charge in [-0.05, 0) is 12.1 Å². The van der Waals surface area contributed by atoms with E-state index in [9.17, 15) is 0 Å². The van der Waals surface area contributed by atoms with Crippen LogP contribution in [0.25, 0.3) is 21.8 Å². The minimum Gasteiger partial charge on any atom is -0.355 e. The molecular formula is C14H11N3O. The van der Waals surface area contributed by atoms with Gasteiger partial charge in [0, 0.05) is 27.1 Å². The Morgan fingerprint density at radius 1 is 0.833 bits per heavy atom. The van der Waals surface area contributed by atoms with Crippen LogP contribution in [0.4, 0.5) is 0 Å². The summed E-state index contributed by atoms with van der Waals surface area (Å²) in [6.45, 7) is 0. The van der Waals surface area contributed by atoms with E-state index < -0.39 is 0 Å².